The minimum atomic E-state index is 0.505. The van der Waals surface area contributed by atoms with E-state index in [-0.39, 0.29) is 0 Å². The van der Waals surface area contributed by atoms with Crippen LogP contribution in [0.5, 0.6) is 5.75 Å². The minimum Gasteiger partial charge on any atom is -0.492 e. The fourth-order valence-electron chi connectivity index (χ4n) is 1.82. The van der Waals surface area contributed by atoms with Crippen LogP contribution in [-0.2, 0) is 0 Å². The van der Waals surface area contributed by atoms with Gasteiger partial charge in [-0.25, -0.2) is 0 Å². The van der Waals surface area contributed by atoms with Gasteiger partial charge in [0.05, 0.1) is 12.2 Å². The van der Waals surface area contributed by atoms with Crippen LogP contribution in [-0.4, -0.2) is 6.61 Å². The lowest BCUT2D eigenvalue weighted by Gasteiger charge is -2.15. The average molecular weight is 296 g/mol. The first-order valence-electron chi connectivity index (χ1n) is 5.85. The average Bonchev–Trinajstić information content (AvgIpc) is 2.26. The molecule has 0 saturated heterocycles. The Balaban J connectivity index is 2.61. The number of nitrogens with zero attached hydrogens (tertiary/aromatic N) is 1. The lowest BCUT2D eigenvalue weighted by atomic mass is 10.00. The summed E-state index contributed by atoms with van der Waals surface area (Å²) in [6.07, 6.45) is 1.14. The topological polar surface area (TPSA) is 33.0 Å². The van der Waals surface area contributed by atoms with E-state index in [9.17, 15) is 0 Å². The van der Waals surface area contributed by atoms with Crippen molar-refractivity contribution >= 4 is 15.9 Å². The zero-order valence-corrected chi connectivity index (χ0v) is 12.1. The molecular weight excluding hydrogens is 278 g/mol. The molecule has 0 fully saturated rings. The number of halogens is 1. The number of ether oxygens (including phenoxy) is 1. The van der Waals surface area contributed by atoms with Gasteiger partial charge in [-0.2, -0.15) is 5.26 Å². The van der Waals surface area contributed by atoms with Crippen LogP contribution in [0.3, 0.4) is 0 Å². The maximum absolute atomic E-state index is 9.00. The molecule has 0 aromatic heterocycles. The Morgan fingerprint density at radius 3 is 2.65 bits per heavy atom. The zero-order chi connectivity index (χ0) is 12.8. The summed E-state index contributed by atoms with van der Waals surface area (Å²) in [5, 5.41) is 9.00. The first-order valence-corrected chi connectivity index (χ1v) is 6.64. The molecule has 3 heteroatoms. The highest BCUT2D eigenvalue weighted by Gasteiger charge is 2.08. The van der Waals surface area contributed by atoms with Crippen LogP contribution in [0, 0.1) is 23.2 Å². The third kappa shape index (κ3) is 4.79. The quantitative estimate of drug-likeness (QED) is 0.807. The Kier molecular flexibility index (Phi) is 5.50. The minimum absolute atomic E-state index is 0.505. The predicted octanol–water partition coefficient (Wildman–Crippen LogP) is 4.38. The Hall–Kier alpha value is -1.01. The van der Waals surface area contributed by atoms with E-state index in [1.807, 2.05) is 12.1 Å². The van der Waals surface area contributed by atoms with E-state index in [0.29, 0.717) is 29.8 Å². The van der Waals surface area contributed by atoms with Crippen LogP contribution in [0.4, 0.5) is 0 Å². The van der Waals surface area contributed by atoms with Crippen molar-refractivity contribution in [1.82, 2.24) is 0 Å². The molecule has 0 bridgehead atoms. The number of benzene rings is 1. The van der Waals surface area contributed by atoms with Gasteiger partial charge in [0.1, 0.15) is 11.8 Å². The Morgan fingerprint density at radius 1 is 1.35 bits per heavy atom. The Labute approximate surface area is 112 Å². The summed E-state index contributed by atoms with van der Waals surface area (Å²) in [6, 6.07) is 7.66. The fraction of sp³-hybridized carbons (Fsp3) is 0.500. The van der Waals surface area contributed by atoms with Gasteiger partial charge in [0, 0.05) is 4.47 Å². The van der Waals surface area contributed by atoms with Gasteiger partial charge >= 0.3 is 0 Å². The summed E-state index contributed by atoms with van der Waals surface area (Å²) in [6.45, 7) is 7.24. The van der Waals surface area contributed by atoms with Gasteiger partial charge in [0.15, 0.2) is 0 Å². The van der Waals surface area contributed by atoms with E-state index in [2.05, 4.69) is 42.8 Å². The number of hydrogen-bond donors (Lipinski definition) is 0. The van der Waals surface area contributed by atoms with Gasteiger partial charge in [0.2, 0.25) is 0 Å². The van der Waals surface area contributed by atoms with E-state index in [1.165, 1.54) is 0 Å². The summed E-state index contributed by atoms with van der Waals surface area (Å²) in [7, 11) is 0. The smallest absolute Gasteiger partial charge is 0.137 e. The number of nitriles is 1. The van der Waals surface area contributed by atoms with Gasteiger partial charge < -0.3 is 4.74 Å². The highest BCUT2D eigenvalue weighted by Crippen LogP contribution is 2.23. The summed E-state index contributed by atoms with van der Waals surface area (Å²) in [4.78, 5) is 0. The molecule has 0 aliphatic carbocycles. The molecule has 0 spiro atoms. The SMILES string of the molecule is CC(C)C[C@@H](C)COc1ccc(Br)cc1C#N. The van der Waals surface area contributed by atoms with Crippen molar-refractivity contribution in [2.45, 2.75) is 27.2 Å². The highest BCUT2D eigenvalue weighted by molar-refractivity contribution is 9.10. The molecule has 0 radical (unpaired) electrons. The van der Waals surface area contributed by atoms with Gasteiger partial charge in [-0.05, 0) is 36.5 Å². The van der Waals surface area contributed by atoms with Crippen LogP contribution >= 0.6 is 15.9 Å². The number of rotatable bonds is 5. The molecule has 17 heavy (non-hydrogen) atoms. The first-order chi connectivity index (χ1) is 8.02. The molecule has 92 valence electrons. The van der Waals surface area contributed by atoms with Crippen molar-refractivity contribution in [3.8, 4) is 11.8 Å². The molecule has 1 atom stereocenters. The Morgan fingerprint density at radius 2 is 2.06 bits per heavy atom. The monoisotopic (exact) mass is 295 g/mol. The highest BCUT2D eigenvalue weighted by atomic mass is 79.9. The molecule has 0 aliphatic rings. The summed E-state index contributed by atoms with van der Waals surface area (Å²) in [5.41, 5.74) is 0.580. The molecule has 2 nitrogen and oxygen atoms in total. The molecule has 1 aromatic carbocycles. The summed E-state index contributed by atoms with van der Waals surface area (Å²) >= 11 is 3.34. The molecule has 0 aliphatic heterocycles. The molecule has 1 rings (SSSR count). The molecule has 0 amide bonds. The maximum atomic E-state index is 9.00. The van der Waals surface area contributed by atoms with Gasteiger partial charge in [-0.1, -0.05) is 36.7 Å². The van der Waals surface area contributed by atoms with Crippen molar-refractivity contribution in [1.29, 1.82) is 5.26 Å². The second kappa shape index (κ2) is 6.66. The Bertz CT molecular complexity index is 409. The van der Waals surface area contributed by atoms with Gasteiger partial charge in [-0.15, -0.1) is 0 Å². The fourth-order valence-corrected chi connectivity index (χ4v) is 2.18. The predicted molar refractivity (Wildman–Crippen MR) is 73.0 cm³/mol. The third-order valence-corrected chi connectivity index (χ3v) is 2.95. The van der Waals surface area contributed by atoms with Crippen molar-refractivity contribution < 1.29 is 4.74 Å². The van der Waals surface area contributed by atoms with Crippen LogP contribution in [0.15, 0.2) is 22.7 Å². The van der Waals surface area contributed by atoms with E-state index in [0.717, 1.165) is 10.9 Å². The molecular formula is C14H18BrNO. The third-order valence-electron chi connectivity index (χ3n) is 2.46. The molecule has 1 aromatic rings. The zero-order valence-electron chi connectivity index (χ0n) is 10.5. The van der Waals surface area contributed by atoms with Crippen LogP contribution in [0.1, 0.15) is 32.8 Å². The van der Waals surface area contributed by atoms with E-state index in [1.54, 1.807) is 6.07 Å². The molecule has 0 N–H and O–H groups in total. The largest absolute Gasteiger partial charge is 0.492 e. The first kappa shape index (κ1) is 14.1. The lowest BCUT2D eigenvalue weighted by Crippen LogP contribution is -2.11. The normalized spacial score (nSPS) is 12.2. The van der Waals surface area contributed by atoms with Crippen molar-refractivity contribution in [2.75, 3.05) is 6.61 Å². The molecule has 0 unspecified atom stereocenters. The van der Waals surface area contributed by atoms with Crippen LogP contribution in [0.2, 0.25) is 0 Å². The van der Waals surface area contributed by atoms with Gasteiger partial charge in [0.25, 0.3) is 0 Å². The van der Waals surface area contributed by atoms with Crippen molar-refractivity contribution in [3.63, 3.8) is 0 Å². The van der Waals surface area contributed by atoms with Crippen molar-refractivity contribution in [3.05, 3.63) is 28.2 Å². The van der Waals surface area contributed by atoms with E-state index < -0.39 is 0 Å². The van der Waals surface area contributed by atoms with E-state index in [4.69, 9.17) is 10.00 Å². The van der Waals surface area contributed by atoms with Crippen LogP contribution in [0.25, 0.3) is 0 Å². The molecule has 0 heterocycles. The maximum Gasteiger partial charge on any atom is 0.137 e. The standard InChI is InChI=1S/C14H18BrNO/c1-10(2)6-11(3)9-17-14-5-4-13(15)7-12(14)8-16/h4-5,7,10-11H,6,9H2,1-3H3/t11-/m1/s1. The second-order valence-electron chi connectivity index (χ2n) is 4.80. The van der Waals surface area contributed by atoms with Crippen LogP contribution < -0.4 is 4.74 Å². The lowest BCUT2D eigenvalue weighted by molar-refractivity contribution is 0.238. The van der Waals surface area contributed by atoms with Crippen molar-refractivity contribution in [2.24, 2.45) is 11.8 Å². The summed E-state index contributed by atoms with van der Waals surface area (Å²) in [5.74, 6) is 1.85. The molecule has 0 saturated carbocycles. The second-order valence-corrected chi connectivity index (χ2v) is 5.71. The van der Waals surface area contributed by atoms with E-state index >= 15 is 0 Å². The van der Waals surface area contributed by atoms with Gasteiger partial charge in [-0.3, -0.25) is 0 Å². The number of hydrogen-bond acceptors (Lipinski definition) is 2. The summed E-state index contributed by atoms with van der Waals surface area (Å²) < 4.78 is 6.60.